The molecule has 0 atom stereocenters. The van der Waals surface area contributed by atoms with Crippen LogP contribution in [0, 0.1) is 6.92 Å². The van der Waals surface area contributed by atoms with Crippen LogP contribution >= 0.6 is 0 Å². The fourth-order valence-corrected chi connectivity index (χ4v) is 3.82. The smallest absolute Gasteiger partial charge is 0.279 e. The van der Waals surface area contributed by atoms with Crippen molar-refractivity contribution in [2.45, 2.75) is 6.92 Å². The molecule has 2 aromatic heterocycles. The van der Waals surface area contributed by atoms with Crippen LogP contribution in [0.4, 0.5) is 0 Å². The summed E-state index contributed by atoms with van der Waals surface area (Å²) >= 11 is 0. The summed E-state index contributed by atoms with van der Waals surface area (Å²) in [6.07, 6.45) is 1.59. The van der Waals surface area contributed by atoms with E-state index in [-0.39, 0.29) is 5.56 Å². The third-order valence-corrected chi connectivity index (χ3v) is 5.53. The van der Waals surface area contributed by atoms with Crippen molar-refractivity contribution in [3.63, 3.8) is 0 Å². The molecule has 0 unspecified atom stereocenters. The minimum absolute atomic E-state index is 0.0161. The SMILES string of the molecule is Cc1c(-c2ccccc2)c(=O)n(-c2ccccc2)n1C.NC(=O)c1ccnc2ccccc12. The van der Waals surface area contributed by atoms with Crippen LogP contribution in [0.25, 0.3) is 27.7 Å². The number of pyridine rings is 1. The average molecular weight is 437 g/mol. The van der Waals surface area contributed by atoms with Gasteiger partial charge in [0, 0.05) is 24.3 Å². The Morgan fingerprint density at radius 3 is 2.12 bits per heavy atom. The lowest BCUT2D eigenvalue weighted by Gasteiger charge is -2.07. The van der Waals surface area contributed by atoms with Crippen molar-refractivity contribution < 1.29 is 4.79 Å². The molecule has 3 aromatic carbocycles. The van der Waals surface area contributed by atoms with Crippen molar-refractivity contribution >= 4 is 16.8 Å². The summed E-state index contributed by atoms with van der Waals surface area (Å²) in [7, 11) is 1.91. The van der Waals surface area contributed by atoms with Gasteiger partial charge in [-0.05, 0) is 36.8 Å². The number of para-hydroxylation sites is 2. The van der Waals surface area contributed by atoms with E-state index in [4.69, 9.17) is 5.73 Å². The van der Waals surface area contributed by atoms with Gasteiger partial charge in [-0.15, -0.1) is 0 Å². The average Bonchev–Trinajstić information content (AvgIpc) is 3.08. The summed E-state index contributed by atoms with van der Waals surface area (Å²) in [5.41, 5.74) is 10.1. The van der Waals surface area contributed by atoms with Gasteiger partial charge >= 0.3 is 0 Å². The summed E-state index contributed by atoms with van der Waals surface area (Å²) in [5, 5.41) is 0.803. The van der Waals surface area contributed by atoms with Gasteiger partial charge in [0.15, 0.2) is 0 Å². The van der Waals surface area contributed by atoms with Gasteiger partial charge in [0.25, 0.3) is 5.56 Å². The Morgan fingerprint density at radius 1 is 0.848 bits per heavy atom. The van der Waals surface area contributed by atoms with Crippen molar-refractivity contribution in [2.24, 2.45) is 12.8 Å². The molecule has 2 heterocycles. The number of aromatic nitrogens is 3. The van der Waals surface area contributed by atoms with Crippen molar-refractivity contribution in [2.75, 3.05) is 0 Å². The second-order valence-corrected chi connectivity index (χ2v) is 7.54. The second-order valence-electron chi connectivity index (χ2n) is 7.54. The van der Waals surface area contributed by atoms with Crippen LogP contribution < -0.4 is 11.3 Å². The Kier molecular flexibility index (Phi) is 6.17. The van der Waals surface area contributed by atoms with Gasteiger partial charge in [0.1, 0.15) is 0 Å². The fourth-order valence-electron chi connectivity index (χ4n) is 3.82. The number of hydrogen-bond acceptors (Lipinski definition) is 3. The predicted molar refractivity (Wildman–Crippen MR) is 131 cm³/mol. The van der Waals surface area contributed by atoms with Gasteiger partial charge in [-0.2, -0.15) is 0 Å². The number of nitrogens with two attached hydrogens (primary N) is 1. The number of carbonyl (C=O) groups is 1. The highest BCUT2D eigenvalue weighted by Gasteiger charge is 2.16. The molecule has 0 aliphatic carbocycles. The number of amides is 1. The van der Waals surface area contributed by atoms with E-state index in [1.54, 1.807) is 16.9 Å². The molecule has 5 rings (SSSR count). The number of rotatable bonds is 3. The minimum Gasteiger partial charge on any atom is -0.366 e. The topological polar surface area (TPSA) is 82.9 Å². The van der Waals surface area contributed by atoms with Crippen LogP contribution in [0.5, 0.6) is 0 Å². The van der Waals surface area contributed by atoms with Crippen molar-refractivity contribution in [3.05, 3.63) is 119 Å². The standard InChI is InChI=1S/C17H16N2O.C10H8N2O/c1-13-16(14-9-5-3-6-10-14)17(20)19(18(13)2)15-11-7-4-8-12-15;11-10(13)8-5-6-12-9-4-2-1-3-7(8)9/h3-12H,1-2H3;1-6H,(H2,11,13). The monoisotopic (exact) mass is 436 g/mol. The van der Waals surface area contributed by atoms with Crippen LogP contribution in [0.1, 0.15) is 16.1 Å². The minimum atomic E-state index is -0.418. The normalized spacial score (nSPS) is 10.5. The van der Waals surface area contributed by atoms with Gasteiger partial charge in [-0.1, -0.05) is 66.7 Å². The van der Waals surface area contributed by atoms with E-state index in [0.717, 1.165) is 33.4 Å². The summed E-state index contributed by atoms with van der Waals surface area (Å²) < 4.78 is 3.61. The third kappa shape index (κ3) is 4.32. The van der Waals surface area contributed by atoms with Crippen LogP contribution in [-0.2, 0) is 7.05 Å². The first-order valence-corrected chi connectivity index (χ1v) is 10.5. The summed E-state index contributed by atoms with van der Waals surface area (Å²) in [6, 6.07) is 28.6. The zero-order valence-corrected chi connectivity index (χ0v) is 18.5. The number of benzene rings is 3. The molecule has 6 nitrogen and oxygen atoms in total. The lowest BCUT2D eigenvalue weighted by Crippen LogP contribution is -2.20. The maximum absolute atomic E-state index is 12.8. The number of primary amides is 1. The number of fused-ring (bicyclic) bond motifs is 1. The van der Waals surface area contributed by atoms with Crippen LogP contribution in [-0.4, -0.2) is 20.3 Å². The zero-order chi connectivity index (χ0) is 23.4. The molecule has 5 aromatic rings. The number of carbonyl (C=O) groups excluding carboxylic acids is 1. The van der Waals surface area contributed by atoms with E-state index in [9.17, 15) is 9.59 Å². The first-order chi connectivity index (χ1) is 16.0. The van der Waals surface area contributed by atoms with E-state index < -0.39 is 5.91 Å². The molecule has 164 valence electrons. The molecule has 0 saturated carbocycles. The molecule has 0 saturated heterocycles. The first kappa shape index (κ1) is 21.8. The van der Waals surface area contributed by atoms with Crippen LogP contribution in [0.2, 0.25) is 0 Å². The highest BCUT2D eigenvalue weighted by Crippen LogP contribution is 2.21. The molecule has 0 bridgehead atoms. The van der Waals surface area contributed by atoms with E-state index in [0.29, 0.717) is 5.56 Å². The maximum atomic E-state index is 12.8. The van der Waals surface area contributed by atoms with Crippen LogP contribution in [0.3, 0.4) is 0 Å². The van der Waals surface area contributed by atoms with Crippen molar-refractivity contribution in [1.82, 2.24) is 14.3 Å². The predicted octanol–water partition coefficient (Wildman–Crippen LogP) is 4.49. The van der Waals surface area contributed by atoms with E-state index in [1.165, 1.54) is 0 Å². The molecule has 0 aliphatic rings. The quantitative estimate of drug-likeness (QED) is 0.452. The largest absolute Gasteiger partial charge is 0.366 e. The molecule has 0 spiro atoms. The van der Waals surface area contributed by atoms with E-state index in [2.05, 4.69) is 4.98 Å². The van der Waals surface area contributed by atoms with Crippen molar-refractivity contribution in [3.8, 4) is 16.8 Å². The number of nitrogens with zero attached hydrogens (tertiary/aromatic N) is 3. The van der Waals surface area contributed by atoms with Crippen molar-refractivity contribution in [1.29, 1.82) is 0 Å². The molecule has 2 N–H and O–H groups in total. The van der Waals surface area contributed by atoms with Gasteiger partial charge in [0.2, 0.25) is 5.91 Å². The first-order valence-electron chi connectivity index (χ1n) is 10.5. The molecular weight excluding hydrogens is 412 g/mol. The third-order valence-electron chi connectivity index (χ3n) is 5.53. The molecule has 0 aliphatic heterocycles. The highest BCUT2D eigenvalue weighted by atomic mass is 16.1. The zero-order valence-electron chi connectivity index (χ0n) is 18.5. The summed E-state index contributed by atoms with van der Waals surface area (Å²) in [5.74, 6) is -0.418. The lowest BCUT2D eigenvalue weighted by molar-refractivity contribution is 0.100. The lowest BCUT2D eigenvalue weighted by atomic mass is 10.1. The van der Waals surface area contributed by atoms with Gasteiger partial charge in [-0.3, -0.25) is 19.3 Å². The van der Waals surface area contributed by atoms with E-state index in [1.807, 2.05) is 104 Å². The summed E-state index contributed by atoms with van der Waals surface area (Å²) in [4.78, 5) is 27.9. The van der Waals surface area contributed by atoms with Gasteiger partial charge < -0.3 is 5.73 Å². The molecule has 0 radical (unpaired) electrons. The Morgan fingerprint density at radius 2 is 1.45 bits per heavy atom. The van der Waals surface area contributed by atoms with E-state index >= 15 is 0 Å². The number of hydrogen-bond donors (Lipinski definition) is 1. The Hall–Kier alpha value is -4.45. The molecular formula is C27H24N4O2. The van der Waals surface area contributed by atoms with Gasteiger partial charge in [0.05, 0.1) is 22.3 Å². The van der Waals surface area contributed by atoms with Gasteiger partial charge in [-0.25, -0.2) is 4.68 Å². The molecule has 33 heavy (non-hydrogen) atoms. The Bertz CT molecular complexity index is 1400. The molecule has 0 fully saturated rings. The Balaban J connectivity index is 0.000000172. The Labute approximate surface area is 191 Å². The maximum Gasteiger partial charge on any atom is 0.279 e. The van der Waals surface area contributed by atoms with Crippen LogP contribution in [0.15, 0.2) is 102 Å². The molecule has 1 amide bonds. The highest BCUT2D eigenvalue weighted by molar-refractivity contribution is 6.05. The summed E-state index contributed by atoms with van der Waals surface area (Å²) in [6.45, 7) is 1.98. The fraction of sp³-hybridized carbons (Fsp3) is 0.0741. The molecule has 6 heteroatoms. The second kappa shape index (κ2) is 9.36.